The van der Waals surface area contributed by atoms with Crippen molar-refractivity contribution < 1.29 is 14.3 Å². The minimum absolute atomic E-state index is 0.0178. The van der Waals surface area contributed by atoms with E-state index >= 15 is 0 Å². The van der Waals surface area contributed by atoms with Crippen LogP contribution in [0.2, 0.25) is 5.02 Å². The fourth-order valence-corrected chi connectivity index (χ4v) is 1.79. The van der Waals surface area contributed by atoms with E-state index in [-0.39, 0.29) is 18.6 Å². The van der Waals surface area contributed by atoms with Crippen LogP contribution in [0, 0.1) is 0 Å². The van der Waals surface area contributed by atoms with Crippen molar-refractivity contribution in [3.05, 3.63) is 34.9 Å². The molecule has 0 saturated heterocycles. The molecule has 1 amide bonds. The van der Waals surface area contributed by atoms with Crippen molar-refractivity contribution in [2.24, 2.45) is 0 Å². The van der Waals surface area contributed by atoms with E-state index in [1.54, 1.807) is 7.11 Å². The van der Waals surface area contributed by atoms with Gasteiger partial charge in [-0.3, -0.25) is 4.79 Å². The third-order valence-electron chi connectivity index (χ3n) is 2.68. The number of hydrogen-bond acceptors (Lipinski definition) is 3. The highest BCUT2D eigenvalue weighted by Crippen LogP contribution is 2.18. The fraction of sp³-hybridized carbons (Fsp3) is 0.500. The summed E-state index contributed by atoms with van der Waals surface area (Å²) < 4.78 is 10.0. The summed E-state index contributed by atoms with van der Waals surface area (Å²) in [6.45, 7) is 2.97. The Morgan fingerprint density at radius 2 is 2.00 bits per heavy atom. The molecule has 106 valence electrons. The Bertz CT molecular complexity index is 381. The average molecular weight is 286 g/mol. The number of carbonyl (C=O) groups excluding carboxylic acids is 1. The van der Waals surface area contributed by atoms with E-state index < -0.39 is 0 Å². The number of amides is 1. The lowest BCUT2D eigenvalue weighted by atomic mass is 10.0. The van der Waals surface area contributed by atoms with Gasteiger partial charge in [-0.25, -0.2) is 0 Å². The summed E-state index contributed by atoms with van der Waals surface area (Å²) in [4.78, 5) is 11.7. The molecule has 4 nitrogen and oxygen atoms in total. The van der Waals surface area contributed by atoms with E-state index in [1.165, 1.54) is 0 Å². The van der Waals surface area contributed by atoms with E-state index in [0.29, 0.717) is 18.2 Å². The van der Waals surface area contributed by atoms with Crippen LogP contribution in [-0.2, 0) is 14.3 Å². The number of carbonyl (C=O) groups is 1. The van der Waals surface area contributed by atoms with Crippen LogP contribution in [0.25, 0.3) is 0 Å². The standard InChI is InChI=1S/C14H20ClNO3/c1-3-13(11-4-6-12(15)7-5-11)16-14(17)10-19-9-8-18-2/h4-7,13H,3,8-10H2,1-2H3,(H,16,17). The molecule has 19 heavy (non-hydrogen) atoms. The first-order valence-electron chi connectivity index (χ1n) is 6.29. The Morgan fingerprint density at radius 3 is 2.58 bits per heavy atom. The maximum absolute atomic E-state index is 11.7. The van der Waals surface area contributed by atoms with Crippen LogP contribution in [-0.4, -0.2) is 32.8 Å². The number of nitrogens with one attached hydrogen (secondary N) is 1. The van der Waals surface area contributed by atoms with Gasteiger partial charge < -0.3 is 14.8 Å². The van der Waals surface area contributed by atoms with Crippen molar-refractivity contribution in [2.75, 3.05) is 26.9 Å². The molecule has 0 saturated carbocycles. The molecule has 0 aliphatic rings. The molecule has 0 aromatic heterocycles. The van der Waals surface area contributed by atoms with Crippen LogP contribution in [0.3, 0.4) is 0 Å². The average Bonchev–Trinajstić information content (AvgIpc) is 2.42. The first-order chi connectivity index (χ1) is 9.17. The molecule has 0 spiro atoms. The molecule has 1 atom stereocenters. The highest BCUT2D eigenvalue weighted by atomic mass is 35.5. The van der Waals surface area contributed by atoms with Crippen LogP contribution < -0.4 is 5.32 Å². The van der Waals surface area contributed by atoms with E-state index in [0.717, 1.165) is 12.0 Å². The Hall–Kier alpha value is -1.10. The summed E-state index contributed by atoms with van der Waals surface area (Å²) in [5.74, 6) is -0.127. The molecule has 1 unspecified atom stereocenters. The second-order valence-electron chi connectivity index (χ2n) is 4.13. The van der Waals surface area contributed by atoms with Gasteiger partial charge in [-0.15, -0.1) is 0 Å². The predicted molar refractivity (Wildman–Crippen MR) is 75.3 cm³/mol. The zero-order valence-corrected chi connectivity index (χ0v) is 12.1. The van der Waals surface area contributed by atoms with Gasteiger partial charge in [0.15, 0.2) is 0 Å². The van der Waals surface area contributed by atoms with Gasteiger partial charge in [0, 0.05) is 12.1 Å². The van der Waals surface area contributed by atoms with Gasteiger partial charge in [-0.05, 0) is 24.1 Å². The lowest BCUT2D eigenvalue weighted by Crippen LogP contribution is -2.31. The van der Waals surface area contributed by atoms with Gasteiger partial charge in [0.1, 0.15) is 6.61 Å². The monoisotopic (exact) mass is 285 g/mol. The number of hydrogen-bond donors (Lipinski definition) is 1. The number of methoxy groups -OCH3 is 1. The first kappa shape index (κ1) is 16.0. The van der Waals surface area contributed by atoms with Gasteiger partial charge in [0.2, 0.25) is 5.91 Å². The number of halogens is 1. The van der Waals surface area contributed by atoms with E-state index in [9.17, 15) is 4.79 Å². The highest BCUT2D eigenvalue weighted by Gasteiger charge is 2.12. The molecule has 1 rings (SSSR count). The Morgan fingerprint density at radius 1 is 1.32 bits per heavy atom. The van der Waals surface area contributed by atoms with Crippen molar-refractivity contribution in [1.29, 1.82) is 0 Å². The molecule has 0 heterocycles. The minimum atomic E-state index is -0.127. The van der Waals surface area contributed by atoms with Gasteiger partial charge in [0.25, 0.3) is 0 Å². The quantitative estimate of drug-likeness (QED) is 0.747. The second kappa shape index (κ2) is 8.91. The molecule has 0 aliphatic carbocycles. The summed E-state index contributed by atoms with van der Waals surface area (Å²) in [7, 11) is 1.59. The Labute approximate surface area is 119 Å². The third kappa shape index (κ3) is 6.05. The summed E-state index contributed by atoms with van der Waals surface area (Å²) in [6.07, 6.45) is 0.811. The van der Waals surface area contributed by atoms with E-state index in [4.69, 9.17) is 21.1 Å². The highest BCUT2D eigenvalue weighted by molar-refractivity contribution is 6.30. The van der Waals surface area contributed by atoms with Crippen molar-refractivity contribution in [2.45, 2.75) is 19.4 Å². The molecule has 0 fully saturated rings. The number of ether oxygens (including phenoxy) is 2. The molecule has 1 aromatic carbocycles. The lowest BCUT2D eigenvalue weighted by Gasteiger charge is -2.17. The zero-order valence-electron chi connectivity index (χ0n) is 11.3. The predicted octanol–water partition coefficient (Wildman–Crippen LogP) is 2.57. The molecule has 1 N–H and O–H groups in total. The Balaban J connectivity index is 2.43. The van der Waals surface area contributed by atoms with Crippen LogP contribution >= 0.6 is 11.6 Å². The van der Waals surface area contributed by atoms with Gasteiger partial charge in [-0.2, -0.15) is 0 Å². The summed E-state index contributed by atoms with van der Waals surface area (Å²) >= 11 is 5.84. The van der Waals surface area contributed by atoms with Crippen molar-refractivity contribution in [3.63, 3.8) is 0 Å². The lowest BCUT2D eigenvalue weighted by molar-refractivity contribution is -0.126. The van der Waals surface area contributed by atoms with Gasteiger partial charge >= 0.3 is 0 Å². The van der Waals surface area contributed by atoms with Crippen LogP contribution in [0.5, 0.6) is 0 Å². The van der Waals surface area contributed by atoms with E-state index in [1.807, 2.05) is 31.2 Å². The van der Waals surface area contributed by atoms with Crippen LogP contribution in [0.4, 0.5) is 0 Å². The smallest absolute Gasteiger partial charge is 0.246 e. The molecule has 0 aliphatic heterocycles. The maximum Gasteiger partial charge on any atom is 0.246 e. The van der Waals surface area contributed by atoms with Crippen LogP contribution in [0.15, 0.2) is 24.3 Å². The Kier molecular flexibility index (Phi) is 7.48. The normalized spacial score (nSPS) is 12.2. The largest absolute Gasteiger partial charge is 0.382 e. The summed E-state index contributed by atoms with van der Waals surface area (Å²) in [6, 6.07) is 7.46. The second-order valence-corrected chi connectivity index (χ2v) is 4.56. The van der Waals surface area contributed by atoms with Crippen molar-refractivity contribution in [3.8, 4) is 0 Å². The van der Waals surface area contributed by atoms with Gasteiger partial charge in [0.05, 0.1) is 19.3 Å². The van der Waals surface area contributed by atoms with Gasteiger partial charge in [-0.1, -0.05) is 30.7 Å². The zero-order chi connectivity index (χ0) is 14.1. The molecule has 5 heteroatoms. The summed E-state index contributed by atoms with van der Waals surface area (Å²) in [5, 5.41) is 3.62. The topological polar surface area (TPSA) is 47.6 Å². The molecule has 0 radical (unpaired) electrons. The maximum atomic E-state index is 11.7. The SMILES string of the molecule is CCC(NC(=O)COCCOC)c1ccc(Cl)cc1. The van der Waals surface area contributed by atoms with Crippen molar-refractivity contribution in [1.82, 2.24) is 5.32 Å². The molecular weight excluding hydrogens is 266 g/mol. The van der Waals surface area contributed by atoms with Crippen LogP contribution in [0.1, 0.15) is 24.9 Å². The minimum Gasteiger partial charge on any atom is -0.382 e. The van der Waals surface area contributed by atoms with E-state index in [2.05, 4.69) is 5.32 Å². The van der Waals surface area contributed by atoms with Crippen molar-refractivity contribution >= 4 is 17.5 Å². The third-order valence-corrected chi connectivity index (χ3v) is 2.93. The fourth-order valence-electron chi connectivity index (χ4n) is 1.66. The molecule has 1 aromatic rings. The first-order valence-corrected chi connectivity index (χ1v) is 6.66. The molecular formula is C14H20ClNO3. The molecule has 0 bridgehead atoms. The number of rotatable bonds is 8. The summed E-state index contributed by atoms with van der Waals surface area (Å²) in [5.41, 5.74) is 1.04. The number of benzene rings is 1.